The lowest BCUT2D eigenvalue weighted by atomic mass is 9.97. The third-order valence-corrected chi connectivity index (χ3v) is 3.39. The largest absolute Gasteiger partial charge is 0.330 e. The smallest absolute Gasteiger partial charge is 0.290 e. The maximum absolute atomic E-state index is 12.4. The second-order valence-electron chi connectivity index (χ2n) is 6.65. The molecule has 0 unspecified atom stereocenters. The van der Waals surface area contributed by atoms with Gasteiger partial charge in [0.15, 0.2) is 5.65 Å². The van der Waals surface area contributed by atoms with E-state index in [9.17, 15) is 4.79 Å². The van der Waals surface area contributed by atoms with Crippen LogP contribution in [-0.4, -0.2) is 14.1 Å². The molecule has 0 N–H and O–H groups in total. The Kier molecular flexibility index (Phi) is 4.17. The molecule has 0 saturated heterocycles. The zero-order valence-electron chi connectivity index (χ0n) is 13.2. The van der Waals surface area contributed by atoms with Crippen molar-refractivity contribution >= 4 is 11.2 Å². The molecule has 0 aliphatic heterocycles. The first kappa shape index (κ1) is 15.3. The van der Waals surface area contributed by atoms with Gasteiger partial charge in [-0.1, -0.05) is 20.8 Å². The predicted octanol–water partition coefficient (Wildman–Crippen LogP) is 2.63. The van der Waals surface area contributed by atoms with E-state index < -0.39 is 0 Å². The van der Waals surface area contributed by atoms with Crippen LogP contribution in [0.5, 0.6) is 0 Å². The maximum atomic E-state index is 12.4. The van der Waals surface area contributed by atoms with E-state index in [1.54, 1.807) is 16.2 Å². The van der Waals surface area contributed by atoms with Gasteiger partial charge in [-0.15, -0.1) is 0 Å². The fourth-order valence-electron chi connectivity index (χ4n) is 2.43. The van der Waals surface area contributed by atoms with Gasteiger partial charge < -0.3 is 0 Å². The van der Waals surface area contributed by atoms with Crippen molar-refractivity contribution in [2.45, 2.75) is 46.6 Å². The summed E-state index contributed by atoms with van der Waals surface area (Å²) in [5.74, 6) is 0. The summed E-state index contributed by atoms with van der Waals surface area (Å²) in [6.45, 7) is 7.00. The van der Waals surface area contributed by atoms with E-state index in [2.05, 4.69) is 31.8 Å². The number of hydrogen-bond acceptors (Lipinski definition) is 3. The quantitative estimate of drug-likeness (QED) is 0.812. The van der Waals surface area contributed by atoms with E-state index in [0.29, 0.717) is 13.0 Å². The van der Waals surface area contributed by atoms with Crippen molar-refractivity contribution in [2.75, 3.05) is 0 Å². The topological polar surface area (TPSA) is 63.6 Å². The average Bonchev–Trinajstić information content (AvgIpc) is 2.63. The summed E-state index contributed by atoms with van der Waals surface area (Å²) in [5.41, 5.74) is 2.53. The summed E-state index contributed by atoms with van der Waals surface area (Å²) in [6.07, 6.45) is 2.09. The molecule has 0 bridgehead atoms. The Hall–Kier alpha value is -2.09. The van der Waals surface area contributed by atoms with Gasteiger partial charge in [0.1, 0.15) is 0 Å². The maximum Gasteiger partial charge on any atom is 0.330 e. The zero-order valence-corrected chi connectivity index (χ0v) is 13.2. The van der Waals surface area contributed by atoms with E-state index in [4.69, 9.17) is 5.26 Å². The summed E-state index contributed by atoms with van der Waals surface area (Å²) < 4.78 is 3.40. The van der Waals surface area contributed by atoms with E-state index in [1.165, 1.54) is 0 Å². The van der Waals surface area contributed by atoms with Crippen LogP contribution >= 0.6 is 0 Å². The molecule has 0 amide bonds. The Morgan fingerprint density at radius 2 is 2.05 bits per heavy atom. The second kappa shape index (κ2) is 5.72. The van der Waals surface area contributed by atoms with Crippen LogP contribution in [0.1, 0.15) is 39.3 Å². The molecule has 21 heavy (non-hydrogen) atoms. The van der Waals surface area contributed by atoms with Crippen molar-refractivity contribution in [1.82, 2.24) is 14.1 Å². The summed E-state index contributed by atoms with van der Waals surface area (Å²) in [5, 5.41) is 8.59. The van der Waals surface area contributed by atoms with Crippen LogP contribution in [0.4, 0.5) is 0 Å². The number of aryl methyl sites for hydroxylation is 2. The van der Waals surface area contributed by atoms with Crippen molar-refractivity contribution in [2.24, 2.45) is 12.5 Å². The van der Waals surface area contributed by atoms with Gasteiger partial charge in [0.25, 0.3) is 0 Å². The Morgan fingerprint density at radius 3 is 2.67 bits per heavy atom. The lowest BCUT2D eigenvalue weighted by Crippen LogP contribution is -2.27. The molecule has 2 aromatic heterocycles. The Balaban J connectivity index is 2.43. The molecule has 0 fully saturated rings. The summed E-state index contributed by atoms with van der Waals surface area (Å²) in [7, 11) is 1.76. The first-order valence-corrected chi connectivity index (χ1v) is 7.25. The van der Waals surface area contributed by atoms with Gasteiger partial charge in [0, 0.05) is 25.7 Å². The Bertz CT molecular complexity index is 740. The lowest BCUT2D eigenvalue weighted by molar-refractivity contribution is 0.342. The van der Waals surface area contributed by atoms with Crippen molar-refractivity contribution in [3.63, 3.8) is 0 Å². The molecule has 0 radical (unpaired) electrons. The SMILES string of the molecule is Cn1c(=O)n(CC(C)(C)C)c2ccc(CCCC#N)nc21. The van der Waals surface area contributed by atoms with Crippen LogP contribution in [-0.2, 0) is 20.0 Å². The van der Waals surface area contributed by atoms with Gasteiger partial charge in [-0.3, -0.25) is 9.13 Å². The molecular weight excluding hydrogens is 264 g/mol. The number of hydrogen-bond donors (Lipinski definition) is 0. The minimum absolute atomic E-state index is 0.0263. The van der Waals surface area contributed by atoms with Gasteiger partial charge in [-0.05, 0) is 30.4 Å². The third-order valence-electron chi connectivity index (χ3n) is 3.39. The van der Waals surface area contributed by atoms with Gasteiger partial charge in [-0.25, -0.2) is 9.78 Å². The molecule has 5 nitrogen and oxygen atoms in total. The van der Waals surface area contributed by atoms with Crippen LogP contribution in [0.15, 0.2) is 16.9 Å². The van der Waals surface area contributed by atoms with Gasteiger partial charge >= 0.3 is 5.69 Å². The number of imidazole rings is 1. The van der Waals surface area contributed by atoms with Crippen molar-refractivity contribution < 1.29 is 0 Å². The molecule has 0 aliphatic carbocycles. The van der Waals surface area contributed by atoms with E-state index in [0.717, 1.165) is 29.7 Å². The lowest BCUT2D eigenvalue weighted by Gasteiger charge is -2.18. The van der Waals surface area contributed by atoms with E-state index in [1.807, 2.05) is 12.1 Å². The number of fused-ring (bicyclic) bond motifs is 1. The molecule has 0 aliphatic rings. The molecule has 0 atom stereocenters. The number of nitrogens with zero attached hydrogens (tertiary/aromatic N) is 4. The summed E-state index contributed by atoms with van der Waals surface area (Å²) in [6, 6.07) is 6.06. The fraction of sp³-hybridized carbons (Fsp3) is 0.562. The highest BCUT2D eigenvalue weighted by molar-refractivity contribution is 5.71. The molecule has 2 heterocycles. The van der Waals surface area contributed by atoms with Gasteiger partial charge in [-0.2, -0.15) is 5.26 Å². The first-order chi connectivity index (χ1) is 9.83. The van der Waals surface area contributed by atoms with Crippen molar-refractivity contribution in [3.8, 4) is 6.07 Å². The molecule has 2 aromatic rings. The number of rotatable bonds is 4. The minimum Gasteiger partial charge on any atom is -0.290 e. The second-order valence-corrected chi connectivity index (χ2v) is 6.65. The van der Waals surface area contributed by atoms with E-state index >= 15 is 0 Å². The average molecular weight is 286 g/mol. The minimum atomic E-state index is -0.0263. The fourth-order valence-corrected chi connectivity index (χ4v) is 2.43. The molecule has 2 rings (SSSR count). The van der Waals surface area contributed by atoms with Crippen LogP contribution < -0.4 is 5.69 Å². The molecule has 0 aromatic carbocycles. The third kappa shape index (κ3) is 3.33. The number of pyridine rings is 1. The van der Waals surface area contributed by atoms with Crippen LogP contribution in [0.2, 0.25) is 0 Å². The van der Waals surface area contributed by atoms with E-state index in [-0.39, 0.29) is 11.1 Å². The summed E-state index contributed by atoms with van der Waals surface area (Å²) >= 11 is 0. The van der Waals surface area contributed by atoms with Gasteiger partial charge in [0.05, 0.1) is 11.6 Å². The molecule has 5 heteroatoms. The number of aromatic nitrogens is 3. The Morgan fingerprint density at radius 1 is 1.33 bits per heavy atom. The van der Waals surface area contributed by atoms with Crippen molar-refractivity contribution in [3.05, 3.63) is 28.3 Å². The molecule has 112 valence electrons. The highest BCUT2D eigenvalue weighted by Crippen LogP contribution is 2.19. The molecule has 0 spiro atoms. The normalized spacial score (nSPS) is 11.8. The van der Waals surface area contributed by atoms with Crippen LogP contribution in [0, 0.1) is 16.7 Å². The highest BCUT2D eigenvalue weighted by Gasteiger charge is 2.18. The Labute approximate surface area is 124 Å². The van der Waals surface area contributed by atoms with Crippen LogP contribution in [0.25, 0.3) is 11.2 Å². The zero-order chi connectivity index (χ0) is 15.6. The number of nitriles is 1. The standard InChI is InChI=1S/C16H22N4O/c1-16(2,3)11-20-13-9-8-12(7-5-6-10-17)18-14(13)19(4)15(20)21/h8-9H,5-7,11H2,1-4H3. The molecule has 0 saturated carbocycles. The summed E-state index contributed by atoms with van der Waals surface area (Å²) in [4.78, 5) is 17.0. The number of unbranched alkanes of at least 4 members (excludes halogenated alkanes) is 1. The molecular formula is C16H22N4O. The monoisotopic (exact) mass is 286 g/mol. The van der Waals surface area contributed by atoms with Gasteiger partial charge in [0.2, 0.25) is 0 Å². The van der Waals surface area contributed by atoms with Crippen molar-refractivity contribution in [1.29, 1.82) is 5.26 Å². The van der Waals surface area contributed by atoms with Crippen LogP contribution in [0.3, 0.4) is 0 Å². The predicted molar refractivity (Wildman–Crippen MR) is 83.0 cm³/mol. The highest BCUT2D eigenvalue weighted by atomic mass is 16.1. The first-order valence-electron chi connectivity index (χ1n) is 7.25.